The maximum absolute atomic E-state index is 13.2. The van der Waals surface area contributed by atoms with Crippen LogP contribution in [0, 0.1) is 4.77 Å². The summed E-state index contributed by atoms with van der Waals surface area (Å²) in [7, 11) is 0. The lowest BCUT2D eigenvalue weighted by molar-refractivity contribution is 0.699. The van der Waals surface area contributed by atoms with Gasteiger partial charge in [-0.1, -0.05) is 32.0 Å². The summed E-state index contributed by atoms with van der Waals surface area (Å²) in [6.45, 7) is 4.48. The molecule has 0 aliphatic carbocycles. The molecule has 1 aromatic carbocycles. The number of fused-ring (bicyclic) bond motifs is 3. The number of hydrogen-bond donors (Lipinski definition) is 1. The van der Waals surface area contributed by atoms with E-state index < -0.39 is 0 Å². The number of thiophene rings is 1. The molecule has 0 saturated carbocycles. The van der Waals surface area contributed by atoms with Gasteiger partial charge in [0.15, 0.2) is 4.77 Å². The summed E-state index contributed by atoms with van der Waals surface area (Å²) >= 11 is 9.07. The molecule has 0 atom stereocenters. The van der Waals surface area contributed by atoms with Crippen molar-refractivity contribution in [2.75, 3.05) is 0 Å². The Bertz CT molecular complexity index is 1010. The van der Waals surface area contributed by atoms with Gasteiger partial charge in [-0.3, -0.25) is 9.36 Å². The summed E-state index contributed by atoms with van der Waals surface area (Å²) in [5, 5.41) is 0.816. The number of H-pyrrole nitrogens is 1. The summed E-state index contributed by atoms with van der Waals surface area (Å²) in [5.74, 6) is 0.965. The van der Waals surface area contributed by atoms with Gasteiger partial charge in [0.05, 0.1) is 11.1 Å². The number of benzene rings is 1. The van der Waals surface area contributed by atoms with E-state index in [2.05, 4.69) is 18.8 Å². The minimum Gasteiger partial charge on any atom is -0.323 e. The molecule has 118 valence electrons. The zero-order valence-corrected chi connectivity index (χ0v) is 15.3. The average Bonchev–Trinajstić information content (AvgIpc) is 2.84. The lowest BCUT2D eigenvalue weighted by Gasteiger charge is -2.28. The fourth-order valence-electron chi connectivity index (χ4n) is 3.04. The van der Waals surface area contributed by atoms with Crippen LogP contribution >= 0.6 is 35.3 Å². The fourth-order valence-corrected chi connectivity index (χ4v) is 5.75. The van der Waals surface area contributed by atoms with Crippen LogP contribution in [0.4, 0.5) is 0 Å². The molecular weight excluding hydrogens is 344 g/mol. The molecule has 3 nitrogen and oxygen atoms in total. The van der Waals surface area contributed by atoms with Crippen LogP contribution in [0.3, 0.4) is 0 Å². The molecule has 0 saturated heterocycles. The Morgan fingerprint density at radius 1 is 1.26 bits per heavy atom. The molecule has 0 amide bonds. The van der Waals surface area contributed by atoms with Gasteiger partial charge in [0, 0.05) is 15.4 Å². The third kappa shape index (κ3) is 2.49. The summed E-state index contributed by atoms with van der Waals surface area (Å²) in [4.78, 5) is 18.7. The third-order valence-corrected chi connectivity index (χ3v) is 7.12. The van der Waals surface area contributed by atoms with Crippen LogP contribution < -0.4 is 5.56 Å². The second kappa shape index (κ2) is 5.33. The molecule has 1 aliphatic rings. The quantitative estimate of drug-likeness (QED) is 0.641. The van der Waals surface area contributed by atoms with E-state index in [0.29, 0.717) is 4.77 Å². The summed E-state index contributed by atoms with van der Waals surface area (Å²) in [5.41, 5.74) is 2.01. The first-order chi connectivity index (χ1) is 11.0. The van der Waals surface area contributed by atoms with Gasteiger partial charge in [-0.15, -0.1) is 23.1 Å². The molecule has 0 bridgehead atoms. The number of aromatic nitrogens is 2. The molecule has 1 N–H and O–H groups in total. The second-order valence-electron chi connectivity index (χ2n) is 6.34. The van der Waals surface area contributed by atoms with Gasteiger partial charge in [-0.25, -0.2) is 0 Å². The van der Waals surface area contributed by atoms with Crippen LogP contribution in [-0.2, 0) is 12.2 Å². The van der Waals surface area contributed by atoms with E-state index in [1.54, 1.807) is 15.9 Å². The molecule has 4 rings (SSSR count). The van der Waals surface area contributed by atoms with Crippen molar-refractivity contribution in [2.45, 2.75) is 30.8 Å². The van der Waals surface area contributed by atoms with Crippen LogP contribution in [0.2, 0.25) is 0 Å². The number of nitrogens with zero attached hydrogens (tertiary/aromatic N) is 1. The molecule has 3 aromatic rings. The van der Waals surface area contributed by atoms with Crippen LogP contribution in [0.25, 0.3) is 15.9 Å². The predicted molar refractivity (Wildman–Crippen MR) is 102 cm³/mol. The topological polar surface area (TPSA) is 37.8 Å². The Kier molecular flexibility index (Phi) is 3.51. The van der Waals surface area contributed by atoms with Crippen molar-refractivity contribution in [3.05, 3.63) is 55.9 Å². The van der Waals surface area contributed by atoms with Gasteiger partial charge < -0.3 is 4.98 Å². The van der Waals surface area contributed by atoms with Gasteiger partial charge in [-0.05, 0) is 36.3 Å². The SMILES string of the molecule is CC1(C)Cc2c(sc3[nH]c(=S)n(-c4ccccc4)c(=O)c23)CS1. The van der Waals surface area contributed by atoms with E-state index >= 15 is 0 Å². The first-order valence-corrected chi connectivity index (χ1v) is 9.66. The molecule has 6 heteroatoms. The lowest BCUT2D eigenvalue weighted by atomic mass is 10.00. The molecule has 23 heavy (non-hydrogen) atoms. The molecule has 3 heterocycles. The maximum atomic E-state index is 13.2. The van der Waals surface area contributed by atoms with E-state index in [-0.39, 0.29) is 10.3 Å². The van der Waals surface area contributed by atoms with Gasteiger partial charge in [0.2, 0.25) is 0 Å². The number of thioether (sulfide) groups is 1. The standard InChI is InChI=1S/C17H16N2OS3/c1-17(2)8-11-12(9-22-17)23-14-13(11)15(20)19(16(21)18-14)10-6-4-3-5-7-10/h3-7H,8-9H2,1-2H3,(H,18,21). The second-order valence-corrected chi connectivity index (χ2v) is 9.51. The summed E-state index contributed by atoms with van der Waals surface area (Å²) in [6.07, 6.45) is 0.918. The van der Waals surface area contributed by atoms with Crippen LogP contribution in [0.15, 0.2) is 35.1 Å². The molecule has 0 radical (unpaired) electrons. The highest BCUT2D eigenvalue weighted by atomic mass is 32.2. The minimum atomic E-state index is -0.00449. The third-order valence-electron chi connectivity index (χ3n) is 4.14. The molecular formula is C17H16N2OS3. The summed E-state index contributed by atoms with van der Waals surface area (Å²) < 4.78 is 2.23. The number of nitrogens with one attached hydrogen (secondary N) is 1. The zero-order valence-electron chi connectivity index (χ0n) is 12.9. The summed E-state index contributed by atoms with van der Waals surface area (Å²) in [6, 6.07) is 9.60. The molecule has 0 unspecified atom stereocenters. The monoisotopic (exact) mass is 360 g/mol. The van der Waals surface area contributed by atoms with Crippen LogP contribution in [0.5, 0.6) is 0 Å². The highest BCUT2D eigenvalue weighted by Crippen LogP contribution is 2.43. The Hall–Kier alpha value is -1.37. The zero-order chi connectivity index (χ0) is 16.2. The number of rotatable bonds is 1. The number of para-hydroxylation sites is 1. The number of aromatic amines is 1. The molecule has 1 aliphatic heterocycles. The minimum absolute atomic E-state index is 0.00449. The highest BCUT2D eigenvalue weighted by Gasteiger charge is 2.30. The highest BCUT2D eigenvalue weighted by molar-refractivity contribution is 8.00. The van der Waals surface area contributed by atoms with Crippen LogP contribution in [0.1, 0.15) is 24.3 Å². The van der Waals surface area contributed by atoms with Crippen LogP contribution in [-0.4, -0.2) is 14.3 Å². The van der Waals surface area contributed by atoms with E-state index in [1.165, 1.54) is 10.4 Å². The van der Waals surface area contributed by atoms with Gasteiger partial charge >= 0.3 is 0 Å². The predicted octanol–water partition coefficient (Wildman–Crippen LogP) is 4.68. The lowest BCUT2D eigenvalue weighted by Crippen LogP contribution is -2.25. The smallest absolute Gasteiger partial charge is 0.267 e. The molecule has 0 fully saturated rings. The van der Waals surface area contributed by atoms with Crippen molar-refractivity contribution in [3.63, 3.8) is 0 Å². The van der Waals surface area contributed by atoms with E-state index in [0.717, 1.165) is 28.1 Å². The molecule has 0 spiro atoms. The largest absolute Gasteiger partial charge is 0.323 e. The first kappa shape index (κ1) is 15.2. The van der Waals surface area contributed by atoms with Gasteiger partial charge in [0.25, 0.3) is 5.56 Å². The van der Waals surface area contributed by atoms with Crippen molar-refractivity contribution in [1.29, 1.82) is 0 Å². The molecule has 2 aromatic heterocycles. The van der Waals surface area contributed by atoms with Crippen molar-refractivity contribution in [3.8, 4) is 5.69 Å². The Morgan fingerprint density at radius 2 is 2.00 bits per heavy atom. The van der Waals surface area contributed by atoms with Gasteiger partial charge in [0.1, 0.15) is 4.83 Å². The Morgan fingerprint density at radius 3 is 2.74 bits per heavy atom. The fraction of sp³-hybridized carbons (Fsp3) is 0.294. The van der Waals surface area contributed by atoms with Crippen molar-refractivity contribution in [1.82, 2.24) is 9.55 Å². The van der Waals surface area contributed by atoms with E-state index in [9.17, 15) is 4.79 Å². The Labute approximate surface area is 147 Å². The maximum Gasteiger partial charge on any atom is 0.267 e. The number of hydrogen-bond acceptors (Lipinski definition) is 4. The van der Waals surface area contributed by atoms with E-state index in [1.807, 2.05) is 42.1 Å². The van der Waals surface area contributed by atoms with Gasteiger partial charge in [-0.2, -0.15) is 0 Å². The van der Waals surface area contributed by atoms with Crippen molar-refractivity contribution < 1.29 is 0 Å². The Balaban J connectivity index is 2.05. The van der Waals surface area contributed by atoms with Crippen molar-refractivity contribution >= 4 is 45.5 Å². The first-order valence-electron chi connectivity index (χ1n) is 7.45. The van der Waals surface area contributed by atoms with Crippen molar-refractivity contribution in [2.24, 2.45) is 0 Å². The average molecular weight is 361 g/mol. The normalized spacial score (nSPS) is 16.4. The van der Waals surface area contributed by atoms with E-state index in [4.69, 9.17) is 12.2 Å².